The molecule has 0 saturated heterocycles. The van der Waals surface area contributed by atoms with E-state index in [-0.39, 0.29) is 22.6 Å². The Labute approximate surface area is 127 Å². The van der Waals surface area contributed by atoms with Crippen molar-refractivity contribution in [1.29, 1.82) is 0 Å². The summed E-state index contributed by atoms with van der Waals surface area (Å²) in [4.78, 5) is 14.4. The molecule has 2 aromatic rings. The van der Waals surface area contributed by atoms with Crippen LogP contribution < -0.4 is 11.1 Å². The molecule has 0 saturated carbocycles. The second-order valence-electron chi connectivity index (χ2n) is 4.51. The van der Waals surface area contributed by atoms with Crippen molar-refractivity contribution in [2.24, 2.45) is 5.73 Å². The predicted octanol–water partition coefficient (Wildman–Crippen LogP) is 3.15. The number of benzene rings is 1. The topological polar surface area (TPSA) is 94.1 Å². The fraction of sp³-hybridized carbons (Fsp3) is 0.214. The van der Waals surface area contributed by atoms with Crippen LogP contribution in [0.15, 0.2) is 42.6 Å². The molecule has 1 unspecified atom stereocenters. The van der Waals surface area contributed by atoms with Gasteiger partial charge >= 0.3 is 5.69 Å². The lowest BCUT2D eigenvalue weighted by molar-refractivity contribution is -0.384. The number of hydrogen-bond acceptors (Lipinski definition) is 5. The summed E-state index contributed by atoms with van der Waals surface area (Å²) in [7, 11) is 0. The highest BCUT2D eigenvalue weighted by atomic mass is 35.5. The minimum absolute atomic E-state index is 0.134. The van der Waals surface area contributed by atoms with E-state index < -0.39 is 4.92 Å². The van der Waals surface area contributed by atoms with E-state index in [0.29, 0.717) is 13.0 Å². The average molecular weight is 307 g/mol. The Morgan fingerprint density at radius 1 is 1.38 bits per heavy atom. The second kappa shape index (κ2) is 7.01. The number of aromatic nitrogens is 1. The van der Waals surface area contributed by atoms with Gasteiger partial charge < -0.3 is 11.1 Å². The van der Waals surface area contributed by atoms with E-state index in [4.69, 9.17) is 17.3 Å². The third kappa shape index (κ3) is 4.14. The van der Waals surface area contributed by atoms with Gasteiger partial charge in [0, 0.05) is 24.8 Å². The molecular weight excluding hydrogens is 292 g/mol. The Bertz CT molecular complexity index is 622. The van der Waals surface area contributed by atoms with E-state index in [0.717, 1.165) is 5.56 Å². The highest BCUT2D eigenvalue weighted by Crippen LogP contribution is 2.25. The first-order valence-corrected chi connectivity index (χ1v) is 6.80. The van der Waals surface area contributed by atoms with Crippen LogP contribution in [0.1, 0.15) is 18.0 Å². The van der Waals surface area contributed by atoms with Gasteiger partial charge in [0.25, 0.3) is 0 Å². The minimum Gasteiger partial charge on any atom is -0.364 e. The molecular formula is C14H15ClN4O2. The lowest BCUT2D eigenvalue weighted by Crippen LogP contribution is -2.16. The molecule has 1 aromatic heterocycles. The van der Waals surface area contributed by atoms with Gasteiger partial charge in [-0.15, -0.1) is 0 Å². The summed E-state index contributed by atoms with van der Waals surface area (Å²) in [6.07, 6.45) is 2.00. The van der Waals surface area contributed by atoms with E-state index in [1.54, 1.807) is 0 Å². The highest BCUT2D eigenvalue weighted by Gasteiger charge is 2.16. The molecule has 0 radical (unpaired) electrons. The number of nitrogens with two attached hydrogens (primary N) is 1. The van der Waals surface area contributed by atoms with Crippen molar-refractivity contribution in [2.45, 2.75) is 12.5 Å². The summed E-state index contributed by atoms with van der Waals surface area (Å²) < 4.78 is 0. The zero-order valence-corrected chi connectivity index (χ0v) is 12.0. The number of anilines is 1. The van der Waals surface area contributed by atoms with Crippen LogP contribution in [0.5, 0.6) is 0 Å². The van der Waals surface area contributed by atoms with Gasteiger partial charge in [-0.25, -0.2) is 4.98 Å². The summed E-state index contributed by atoms with van der Waals surface area (Å²) in [6.45, 7) is 0.478. The fourth-order valence-corrected chi connectivity index (χ4v) is 2.07. The number of halogens is 1. The number of rotatable bonds is 6. The van der Waals surface area contributed by atoms with Crippen molar-refractivity contribution in [2.75, 3.05) is 11.9 Å². The molecule has 110 valence electrons. The normalized spacial score (nSPS) is 11.9. The van der Waals surface area contributed by atoms with Gasteiger partial charge in [-0.3, -0.25) is 10.1 Å². The van der Waals surface area contributed by atoms with Crippen molar-refractivity contribution >= 4 is 23.1 Å². The van der Waals surface area contributed by atoms with E-state index in [1.165, 1.54) is 12.3 Å². The van der Waals surface area contributed by atoms with Gasteiger partial charge in [0.1, 0.15) is 0 Å². The van der Waals surface area contributed by atoms with Gasteiger partial charge in [-0.1, -0.05) is 41.9 Å². The number of nitrogens with one attached hydrogen (secondary N) is 1. The third-order valence-corrected chi connectivity index (χ3v) is 3.21. The minimum atomic E-state index is -0.516. The van der Waals surface area contributed by atoms with Gasteiger partial charge in [0.15, 0.2) is 0 Å². The van der Waals surface area contributed by atoms with Crippen LogP contribution in [-0.2, 0) is 0 Å². The van der Waals surface area contributed by atoms with Gasteiger partial charge in [-0.05, 0) is 12.0 Å². The molecule has 0 aliphatic carbocycles. The summed E-state index contributed by atoms with van der Waals surface area (Å²) in [5.41, 5.74) is 6.95. The average Bonchev–Trinajstić information content (AvgIpc) is 2.49. The van der Waals surface area contributed by atoms with Crippen LogP contribution in [-0.4, -0.2) is 16.5 Å². The fourth-order valence-electron chi connectivity index (χ4n) is 1.92. The first kappa shape index (κ1) is 15.2. The van der Waals surface area contributed by atoms with Crippen molar-refractivity contribution in [3.8, 4) is 0 Å². The maximum atomic E-state index is 10.9. The molecule has 0 fully saturated rings. The smallest absolute Gasteiger partial charge is 0.312 e. The third-order valence-electron chi connectivity index (χ3n) is 3.01. The second-order valence-corrected chi connectivity index (χ2v) is 4.95. The molecule has 1 atom stereocenters. The van der Waals surface area contributed by atoms with E-state index in [2.05, 4.69) is 10.3 Å². The first-order chi connectivity index (χ1) is 10.1. The van der Waals surface area contributed by atoms with Crippen LogP contribution in [0, 0.1) is 10.1 Å². The van der Waals surface area contributed by atoms with Crippen molar-refractivity contribution in [3.05, 3.63) is 63.3 Å². The van der Waals surface area contributed by atoms with E-state index in [1.807, 2.05) is 30.3 Å². The van der Waals surface area contributed by atoms with Crippen molar-refractivity contribution < 1.29 is 4.92 Å². The summed E-state index contributed by atoms with van der Waals surface area (Å²) in [5, 5.41) is 14.1. The molecule has 0 amide bonds. The van der Waals surface area contributed by atoms with Gasteiger partial charge in [0.2, 0.25) is 5.82 Å². The SMILES string of the molecule is NC(CCNc1ncc(Cl)cc1[N+](=O)[O-])c1ccccc1. The van der Waals surface area contributed by atoms with E-state index >= 15 is 0 Å². The van der Waals surface area contributed by atoms with E-state index in [9.17, 15) is 10.1 Å². The molecule has 1 heterocycles. The monoisotopic (exact) mass is 306 g/mol. The maximum absolute atomic E-state index is 10.9. The lowest BCUT2D eigenvalue weighted by Gasteiger charge is -2.12. The zero-order chi connectivity index (χ0) is 15.2. The maximum Gasteiger partial charge on any atom is 0.312 e. The van der Waals surface area contributed by atoms with Crippen LogP contribution in [0.25, 0.3) is 0 Å². The molecule has 0 aliphatic rings. The Balaban J connectivity index is 1.96. The van der Waals surface area contributed by atoms with Crippen LogP contribution >= 0.6 is 11.6 Å². The molecule has 0 spiro atoms. The number of hydrogen-bond donors (Lipinski definition) is 2. The molecule has 0 bridgehead atoms. The molecule has 6 nitrogen and oxygen atoms in total. The van der Waals surface area contributed by atoms with Gasteiger partial charge in [0.05, 0.1) is 9.95 Å². The Hall–Kier alpha value is -2.18. The van der Waals surface area contributed by atoms with Gasteiger partial charge in [-0.2, -0.15) is 0 Å². The lowest BCUT2D eigenvalue weighted by atomic mass is 10.1. The Morgan fingerprint density at radius 3 is 2.76 bits per heavy atom. The van der Waals surface area contributed by atoms with Crippen molar-refractivity contribution in [1.82, 2.24) is 4.98 Å². The largest absolute Gasteiger partial charge is 0.364 e. The van der Waals surface area contributed by atoms with Crippen molar-refractivity contribution in [3.63, 3.8) is 0 Å². The summed E-state index contributed by atoms with van der Waals surface area (Å²) in [6, 6.07) is 10.8. The molecule has 1 aromatic carbocycles. The van der Waals surface area contributed by atoms with Crippen LogP contribution in [0.2, 0.25) is 5.02 Å². The number of pyridine rings is 1. The highest BCUT2D eigenvalue weighted by molar-refractivity contribution is 6.30. The molecule has 7 heteroatoms. The quantitative estimate of drug-likeness (QED) is 0.631. The summed E-state index contributed by atoms with van der Waals surface area (Å²) >= 11 is 5.71. The molecule has 3 N–H and O–H groups in total. The molecule has 0 aliphatic heterocycles. The molecule has 2 rings (SSSR count). The number of nitrogens with zero attached hydrogens (tertiary/aromatic N) is 2. The summed E-state index contributed by atoms with van der Waals surface area (Å²) in [5.74, 6) is 0.199. The Morgan fingerprint density at radius 2 is 2.10 bits per heavy atom. The first-order valence-electron chi connectivity index (χ1n) is 6.42. The predicted molar refractivity (Wildman–Crippen MR) is 82.4 cm³/mol. The van der Waals surface area contributed by atoms with Crippen LogP contribution in [0.4, 0.5) is 11.5 Å². The molecule has 21 heavy (non-hydrogen) atoms. The number of nitro groups is 1. The van der Waals surface area contributed by atoms with Crippen LogP contribution in [0.3, 0.4) is 0 Å². The zero-order valence-electron chi connectivity index (χ0n) is 11.2. The Kier molecular flexibility index (Phi) is 5.08. The standard InChI is InChI=1S/C14H15ClN4O2/c15-11-8-13(19(20)21)14(18-9-11)17-7-6-12(16)10-4-2-1-3-5-10/h1-5,8-9,12H,6-7,16H2,(H,17,18).